The number of likely N-dealkylation sites (tertiary alicyclic amines) is 1. The van der Waals surface area contributed by atoms with Crippen LogP contribution in [0.2, 0.25) is 0 Å². The molecular formula is C17H31N7O2. The first-order valence-corrected chi connectivity index (χ1v) is 9.66. The largest absolute Gasteiger partial charge is 0.392 e. The van der Waals surface area contributed by atoms with Crippen molar-refractivity contribution in [1.29, 1.82) is 0 Å². The number of piperazine rings is 1. The molecule has 1 aromatic heterocycles. The lowest BCUT2D eigenvalue weighted by Crippen LogP contribution is -2.52. The van der Waals surface area contributed by atoms with Gasteiger partial charge in [-0.2, -0.15) is 0 Å². The summed E-state index contributed by atoms with van der Waals surface area (Å²) in [6.45, 7) is 11.0. The second-order valence-corrected chi connectivity index (χ2v) is 7.72. The Hall–Kier alpha value is -1.58. The minimum Gasteiger partial charge on any atom is -0.392 e. The quantitative estimate of drug-likeness (QED) is 0.713. The van der Waals surface area contributed by atoms with Crippen LogP contribution in [0.5, 0.6) is 0 Å². The highest BCUT2D eigenvalue weighted by Crippen LogP contribution is 2.22. The lowest BCUT2D eigenvalue weighted by atomic mass is 9.90. The number of aromatic nitrogens is 4. The fourth-order valence-electron chi connectivity index (χ4n) is 3.90. The summed E-state index contributed by atoms with van der Waals surface area (Å²) >= 11 is 0. The molecule has 2 saturated heterocycles. The van der Waals surface area contributed by atoms with Gasteiger partial charge in [0.25, 0.3) is 0 Å². The summed E-state index contributed by atoms with van der Waals surface area (Å²) in [4.78, 5) is 19.0. The number of rotatable bonds is 6. The van der Waals surface area contributed by atoms with Crippen LogP contribution < -0.4 is 0 Å². The molecule has 1 atom stereocenters. The standard InChI is InChI=1S/C17H31N7O2/c1-14(2)22-9-7-21(8-10-22)11-16(25)15-3-5-23(6-4-15)17(26)12-24-13-18-19-20-24/h13-16,25H,3-12H2,1-2H3. The third-order valence-corrected chi connectivity index (χ3v) is 5.71. The highest BCUT2D eigenvalue weighted by molar-refractivity contribution is 5.75. The Bertz CT molecular complexity index is 549. The predicted molar refractivity (Wildman–Crippen MR) is 96.3 cm³/mol. The molecule has 2 aliphatic heterocycles. The summed E-state index contributed by atoms with van der Waals surface area (Å²) in [5.74, 6) is 0.310. The number of piperidine rings is 1. The number of β-amino-alcohol motifs (C(OH)–C–C–N with tert-alkyl or cyclic N) is 1. The van der Waals surface area contributed by atoms with Crippen molar-refractivity contribution in [3.8, 4) is 0 Å². The number of hydrogen-bond donors (Lipinski definition) is 1. The summed E-state index contributed by atoms with van der Waals surface area (Å²) in [5.41, 5.74) is 0. The van der Waals surface area contributed by atoms with E-state index in [1.165, 1.54) is 11.0 Å². The molecule has 3 rings (SSSR count). The fraction of sp³-hybridized carbons (Fsp3) is 0.882. The molecule has 0 saturated carbocycles. The van der Waals surface area contributed by atoms with Crippen LogP contribution in [-0.2, 0) is 11.3 Å². The van der Waals surface area contributed by atoms with Crippen LogP contribution in [0.1, 0.15) is 26.7 Å². The zero-order valence-electron chi connectivity index (χ0n) is 15.9. The molecular weight excluding hydrogens is 334 g/mol. The molecule has 1 aromatic rings. The minimum atomic E-state index is -0.308. The third kappa shape index (κ3) is 4.99. The second-order valence-electron chi connectivity index (χ2n) is 7.72. The number of carbonyl (C=O) groups is 1. The first kappa shape index (κ1) is 19.2. The van der Waals surface area contributed by atoms with E-state index in [4.69, 9.17) is 0 Å². The summed E-state index contributed by atoms with van der Waals surface area (Å²) < 4.78 is 1.44. The van der Waals surface area contributed by atoms with E-state index in [9.17, 15) is 9.90 Å². The normalized spacial score (nSPS) is 22.1. The van der Waals surface area contributed by atoms with Crippen molar-refractivity contribution in [3.05, 3.63) is 6.33 Å². The second kappa shape index (κ2) is 8.88. The molecule has 0 radical (unpaired) electrons. The van der Waals surface area contributed by atoms with Crippen molar-refractivity contribution < 1.29 is 9.90 Å². The topological polar surface area (TPSA) is 90.6 Å². The Labute approximate surface area is 154 Å². The van der Waals surface area contributed by atoms with Gasteiger partial charge in [0.05, 0.1) is 6.10 Å². The Balaban J connectivity index is 1.38. The number of tetrazole rings is 1. The van der Waals surface area contributed by atoms with Gasteiger partial charge in [-0.1, -0.05) is 0 Å². The molecule has 26 heavy (non-hydrogen) atoms. The fourth-order valence-corrected chi connectivity index (χ4v) is 3.90. The van der Waals surface area contributed by atoms with E-state index >= 15 is 0 Å². The van der Waals surface area contributed by atoms with Gasteiger partial charge in [-0.05, 0) is 43.0 Å². The van der Waals surface area contributed by atoms with Crippen LogP contribution in [0.25, 0.3) is 0 Å². The maximum Gasteiger partial charge on any atom is 0.244 e. The van der Waals surface area contributed by atoms with Crippen LogP contribution in [-0.4, -0.2) is 104 Å². The Morgan fingerprint density at radius 3 is 2.42 bits per heavy atom. The number of carbonyl (C=O) groups excluding carboxylic acids is 1. The van der Waals surface area contributed by atoms with E-state index < -0.39 is 0 Å². The van der Waals surface area contributed by atoms with E-state index in [1.807, 2.05) is 4.90 Å². The zero-order chi connectivity index (χ0) is 18.5. The number of hydrogen-bond acceptors (Lipinski definition) is 7. The molecule has 2 fully saturated rings. The average Bonchev–Trinajstić information content (AvgIpc) is 3.15. The van der Waals surface area contributed by atoms with Gasteiger partial charge in [0.15, 0.2) is 0 Å². The van der Waals surface area contributed by atoms with Crippen LogP contribution >= 0.6 is 0 Å². The van der Waals surface area contributed by atoms with Crippen molar-refractivity contribution in [2.45, 2.75) is 45.4 Å². The molecule has 146 valence electrons. The summed E-state index contributed by atoms with van der Waals surface area (Å²) in [5, 5.41) is 21.5. The van der Waals surface area contributed by atoms with E-state index in [-0.39, 0.29) is 24.5 Å². The first-order valence-electron chi connectivity index (χ1n) is 9.66. The highest BCUT2D eigenvalue weighted by atomic mass is 16.3. The number of aliphatic hydroxyl groups is 1. The molecule has 0 aromatic carbocycles. The van der Waals surface area contributed by atoms with Gasteiger partial charge in [0.1, 0.15) is 12.9 Å². The van der Waals surface area contributed by atoms with Crippen molar-refractivity contribution in [3.63, 3.8) is 0 Å². The molecule has 1 amide bonds. The average molecular weight is 365 g/mol. The van der Waals surface area contributed by atoms with E-state index in [1.54, 1.807) is 0 Å². The number of aliphatic hydroxyl groups excluding tert-OH is 1. The number of amides is 1. The van der Waals surface area contributed by atoms with Gasteiger partial charge < -0.3 is 10.0 Å². The lowest BCUT2D eigenvalue weighted by molar-refractivity contribution is -0.134. The van der Waals surface area contributed by atoms with Crippen molar-refractivity contribution in [2.75, 3.05) is 45.8 Å². The SMILES string of the molecule is CC(C)N1CCN(CC(O)C2CCN(C(=O)Cn3cnnn3)CC2)CC1. The number of nitrogens with zero attached hydrogens (tertiary/aromatic N) is 7. The van der Waals surface area contributed by atoms with Gasteiger partial charge >= 0.3 is 0 Å². The molecule has 0 bridgehead atoms. The maximum absolute atomic E-state index is 12.3. The van der Waals surface area contributed by atoms with Crippen molar-refractivity contribution >= 4 is 5.91 Å². The van der Waals surface area contributed by atoms with E-state index in [0.717, 1.165) is 45.6 Å². The van der Waals surface area contributed by atoms with Gasteiger partial charge in [-0.3, -0.25) is 14.6 Å². The molecule has 0 aliphatic carbocycles. The lowest BCUT2D eigenvalue weighted by Gasteiger charge is -2.40. The summed E-state index contributed by atoms with van der Waals surface area (Å²) in [7, 11) is 0. The van der Waals surface area contributed by atoms with Crippen LogP contribution in [0.15, 0.2) is 6.33 Å². The van der Waals surface area contributed by atoms with Crippen LogP contribution in [0.4, 0.5) is 0 Å². The summed E-state index contributed by atoms with van der Waals surface area (Å²) in [6.07, 6.45) is 2.86. The Morgan fingerprint density at radius 2 is 1.85 bits per heavy atom. The van der Waals surface area contributed by atoms with Crippen LogP contribution in [0.3, 0.4) is 0 Å². The highest BCUT2D eigenvalue weighted by Gasteiger charge is 2.29. The molecule has 0 spiro atoms. The molecule has 1 N–H and O–H groups in total. The van der Waals surface area contributed by atoms with Gasteiger partial charge in [-0.15, -0.1) is 5.10 Å². The molecule has 3 heterocycles. The Morgan fingerprint density at radius 1 is 1.15 bits per heavy atom. The molecule has 9 nitrogen and oxygen atoms in total. The van der Waals surface area contributed by atoms with Crippen molar-refractivity contribution in [1.82, 2.24) is 34.9 Å². The first-order chi connectivity index (χ1) is 12.5. The monoisotopic (exact) mass is 365 g/mol. The third-order valence-electron chi connectivity index (χ3n) is 5.71. The van der Waals surface area contributed by atoms with E-state index in [0.29, 0.717) is 19.1 Å². The Kier molecular flexibility index (Phi) is 6.55. The minimum absolute atomic E-state index is 0.0371. The molecule has 2 aliphatic rings. The van der Waals surface area contributed by atoms with E-state index in [2.05, 4.69) is 39.2 Å². The van der Waals surface area contributed by atoms with Gasteiger partial charge in [0.2, 0.25) is 5.91 Å². The molecule has 9 heteroatoms. The molecule has 1 unspecified atom stereocenters. The maximum atomic E-state index is 12.3. The zero-order valence-corrected chi connectivity index (χ0v) is 15.9. The predicted octanol–water partition coefficient (Wildman–Crippen LogP) is -0.701. The smallest absolute Gasteiger partial charge is 0.244 e. The van der Waals surface area contributed by atoms with Gasteiger partial charge in [0, 0.05) is 51.9 Å². The van der Waals surface area contributed by atoms with Crippen molar-refractivity contribution in [2.24, 2.45) is 5.92 Å². The van der Waals surface area contributed by atoms with Crippen LogP contribution in [0, 0.1) is 5.92 Å². The van der Waals surface area contributed by atoms with Gasteiger partial charge in [-0.25, -0.2) is 4.68 Å². The summed E-state index contributed by atoms with van der Waals surface area (Å²) in [6, 6.07) is 0.595.